The van der Waals surface area contributed by atoms with Crippen molar-refractivity contribution in [3.63, 3.8) is 0 Å². The Labute approximate surface area is 118 Å². The monoisotopic (exact) mass is 279 g/mol. The topological polar surface area (TPSA) is 51.0 Å². The van der Waals surface area contributed by atoms with Gasteiger partial charge in [0.1, 0.15) is 0 Å². The van der Waals surface area contributed by atoms with Crippen LogP contribution in [0.25, 0.3) is 11.4 Å². The molecule has 1 N–H and O–H groups in total. The minimum Gasteiger partial charge on any atom is -0.339 e. The van der Waals surface area contributed by atoms with Crippen molar-refractivity contribution in [3.8, 4) is 11.4 Å². The fourth-order valence-corrected chi connectivity index (χ4v) is 1.84. The molecule has 0 radical (unpaired) electrons. The molecule has 5 heteroatoms. The Hall–Kier alpha value is -1.39. The second-order valence-corrected chi connectivity index (χ2v) is 5.89. The van der Waals surface area contributed by atoms with Crippen molar-refractivity contribution < 1.29 is 4.52 Å². The number of halogens is 1. The first-order chi connectivity index (χ1) is 8.94. The molecule has 0 unspecified atom stereocenters. The van der Waals surface area contributed by atoms with Gasteiger partial charge in [-0.2, -0.15) is 4.98 Å². The molecule has 0 atom stereocenters. The van der Waals surface area contributed by atoms with Crippen LogP contribution in [0.15, 0.2) is 28.8 Å². The largest absolute Gasteiger partial charge is 0.339 e. The summed E-state index contributed by atoms with van der Waals surface area (Å²) in [6.45, 7) is 7.18. The molecule has 0 aliphatic rings. The molecule has 1 aromatic carbocycles. The van der Waals surface area contributed by atoms with E-state index in [-0.39, 0.29) is 5.54 Å². The zero-order chi connectivity index (χ0) is 13.9. The molecule has 102 valence electrons. The first-order valence-electron chi connectivity index (χ1n) is 6.27. The fraction of sp³-hybridized carbons (Fsp3) is 0.429. The van der Waals surface area contributed by atoms with Gasteiger partial charge in [-0.3, -0.25) is 0 Å². The number of hydrogen-bond donors (Lipinski definition) is 1. The number of benzene rings is 1. The van der Waals surface area contributed by atoms with Crippen LogP contribution >= 0.6 is 11.6 Å². The Kier molecular flexibility index (Phi) is 4.22. The maximum Gasteiger partial charge on any atom is 0.228 e. The van der Waals surface area contributed by atoms with E-state index in [1.54, 1.807) is 0 Å². The SMILES string of the molecule is CC(C)(C)NCCc1nc(-c2cccc(Cl)c2)no1. The molecule has 2 aromatic rings. The van der Waals surface area contributed by atoms with Gasteiger partial charge in [-0.15, -0.1) is 0 Å². The van der Waals surface area contributed by atoms with Crippen LogP contribution in [0.2, 0.25) is 5.02 Å². The standard InChI is InChI=1S/C14H18ClN3O/c1-14(2,3)16-8-7-12-17-13(18-19-12)10-5-4-6-11(15)9-10/h4-6,9,16H,7-8H2,1-3H3. The molecule has 4 nitrogen and oxygen atoms in total. The van der Waals surface area contributed by atoms with Crippen molar-refractivity contribution in [2.75, 3.05) is 6.54 Å². The minimum absolute atomic E-state index is 0.0931. The highest BCUT2D eigenvalue weighted by molar-refractivity contribution is 6.30. The predicted molar refractivity (Wildman–Crippen MR) is 76.2 cm³/mol. The van der Waals surface area contributed by atoms with Crippen molar-refractivity contribution >= 4 is 11.6 Å². The normalized spacial score (nSPS) is 11.8. The molecule has 0 spiro atoms. The lowest BCUT2D eigenvalue weighted by Gasteiger charge is -2.19. The van der Waals surface area contributed by atoms with Gasteiger partial charge in [0.25, 0.3) is 0 Å². The Balaban J connectivity index is 1.99. The van der Waals surface area contributed by atoms with E-state index in [0.717, 1.165) is 12.1 Å². The number of nitrogens with zero attached hydrogens (tertiary/aromatic N) is 2. The summed E-state index contributed by atoms with van der Waals surface area (Å²) in [5.41, 5.74) is 0.960. The quantitative estimate of drug-likeness (QED) is 0.933. The summed E-state index contributed by atoms with van der Waals surface area (Å²) in [7, 11) is 0. The van der Waals surface area contributed by atoms with Crippen LogP contribution in [-0.2, 0) is 6.42 Å². The van der Waals surface area contributed by atoms with E-state index in [4.69, 9.17) is 16.1 Å². The van der Waals surface area contributed by atoms with Crippen molar-refractivity contribution in [3.05, 3.63) is 35.2 Å². The van der Waals surface area contributed by atoms with Crippen LogP contribution in [-0.4, -0.2) is 22.2 Å². The van der Waals surface area contributed by atoms with Crippen LogP contribution in [0.1, 0.15) is 26.7 Å². The molecule has 1 heterocycles. The Morgan fingerprint density at radius 3 is 2.79 bits per heavy atom. The van der Waals surface area contributed by atoms with Crippen molar-refractivity contribution in [2.45, 2.75) is 32.7 Å². The van der Waals surface area contributed by atoms with E-state index in [1.165, 1.54) is 0 Å². The van der Waals surface area contributed by atoms with Crippen LogP contribution in [0.5, 0.6) is 0 Å². The number of aromatic nitrogens is 2. The third-order valence-electron chi connectivity index (χ3n) is 2.55. The van der Waals surface area contributed by atoms with Gasteiger partial charge in [0.2, 0.25) is 11.7 Å². The van der Waals surface area contributed by atoms with Gasteiger partial charge in [0, 0.05) is 29.1 Å². The minimum atomic E-state index is 0.0931. The molecule has 0 saturated carbocycles. The van der Waals surface area contributed by atoms with E-state index < -0.39 is 0 Å². The summed E-state index contributed by atoms with van der Waals surface area (Å²) >= 11 is 5.94. The lowest BCUT2D eigenvalue weighted by molar-refractivity contribution is 0.362. The lowest BCUT2D eigenvalue weighted by atomic mass is 10.1. The van der Waals surface area contributed by atoms with Crippen molar-refractivity contribution in [1.82, 2.24) is 15.5 Å². The number of rotatable bonds is 4. The lowest BCUT2D eigenvalue weighted by Crippen LogP contribution is -2.37. The zero-order valence-electron chi connectivity index (χ0n) is 11.4. The molecule has 0 saturated heterocycles. The summed E-state index contributed by atoms with van der Waals surface area (Å²) in [5, 5.41) is 8.01. The van der Waals surface area contributed by atoms with E-state index in [1.807, 2.05) is 24.3 Å². The highest BCUT2D eigenvalue weighted by atomic mass is 35.5. The molecule has 19 heavy (non-hydrogen) atoms. The first-order valence-corrected chi connectivity index (χ1v) is 6.65. The average Bonchev–Trinajstić information content (AvgIpc) is 2.76. The molecule has 2 rings (SSSR count). The highest BCUT2D eigenvalue weighted by Crippen LogP contribution is 2.19. The Morgan fingerprint density at radius 2 is 2.11 bits per heavy atom. The Morgan fingerprint density at radius 1 is 1.32 bits per heavy atom. The predicted octanol–water partition coefficient (Wildman–Crippen LogP) is 3.32. The van der Waals surface area contributed by atoms with E-state index in [9.17, 15) is 0 Å². The summed E-state index contributed by atoms with van der Waals surface area (Å²) in [5.74, 6) is 1.21. The second-order valence-electron chi connectivity index (χ2n) is 5.45. The van der Waals surface area contributed by atoms with E-state index in [0.29, 0.717) is 23.2 Å². The van der Waals surface area contributed by atoms with Gasteiger partial charge in [-0.1, -0.05) is 28.9 Å². The maximum absolute atomic E-state index is 5.94. The van der Waals surface area contributed by atoms with Gasteiger partial charge in [-0.25, -0.2) is 0 Å². The third-order valence-corrected chi connectivity index (χ3v) is 2.78. The van der Waals surface area contributed by atoms with E-state index >= 15 is 0 Å². The summed E-state index contributed by atoms with van der Waals surface area (Å²) in [6, 6.07) is 7.42. The van der Waals surface area contributed by atoms with E-state index in [2.05, 4.69) is 36.2 Å². The molecule has 0 amide bonds. The van der Waals surface area contributed by atoms with Gasteiger partial charge >= 0.3 is 0 Å². The third kappa shape index (κ3) is 4.33. The van der Waals surface area contributed by atoms with Gasteiger partial charge in [0.15, 0.2) is 0 Å². The summed E-state index contributed by atoms with van der Waals surface area (Å²) in [6.07, 6.45) is 0.713. The summed E-state index contributed by atoms with van der Waals surface area (Å²) in [4.78, 5) is 4.36. The summed E-state index contributed by atoms with van der Waals surface area (Å²) < 4.78 is 5.23. The smallest absolute Gasteiger partial charge is 0.228 e. The zero-order valence-corrected chi connectivity index (χ0v) is 12.2. The molecule has 1 aromatic heterocycles. The van der Waals surface area contributed by atoms with Gasteiger partial charge in [0.05, 0.1) is 0 Å². The van der Waals surface area contributed by atoms with Crippen molar-refractivity contribution in [2.24, 2.45) is 0 Å². The van der Waals surface area contributed by atoms with Crippen molar-refractivity contribution in [1.29, 1.82) is 0 Å². The molecule has 0 aliphatic heterocycles. The fourth-order valence-electron chi connectivity index (χ4n) is 1.65. The molecular formula is C14H18ClN3O. The van der Waals surface area contributed by atoms with Crippen LogP contribution in [0.3, 0.4) is 0 Å². The van der Waals surface area contributed by atoms with Gasteiger partial charge in [-0.05, 0) is 32.9 Å². The average molecular weight is 280 g/mol. The molecule has 0 aliphatic carbocycles. The molecule has 0 bridgehead atoms. The highest BCUT2D eigenvalue weighted by Gasteiger charge is 2.11. The maximum atomic E-state index is 5.94. The second kappa shape index (κ2) is 5.72. The van der Waals surface area contributed by atoms with Crippen LogP contribution < -0.4 is 5.32 Å². The number of hydrogen-bond acceptors (Lipinski definition) is 4. The first kappa shape index (κ1) is 14.0. The number of nitrogens with one attached hydrogen (secondary N) is 1. The Bertz CT molecular complexity index is 546. The van der Waals surface area contributed by atoms with Crippen LogP contribution in [0, 0.1) is 0 Å². The molecule has 0 fully saturated rings. The van der Waals surface area contributed by atoms with Gasteiger partial charge < -0.3 is 9.84 Å². The molecular weight excluding hydrogens is 262 g/mol. The van der Waals surface area contributed by atoms with Crippen LogP contribution in [0.4, 0.5) is 0 Å².